The summed E-state index contributed by atoms with van der Waals surface area (Å²) in [7, 11) is 0. The summed E-state index contributed by atoms with van der Waals surface area (Å²) in [5, 5.41) is 6.16. The van der Waals surface area contributed by atoms with E-state index in [1.165, 1.54) is 0 Å². The Labute approximate surface area is 287 Å². The van der Waals surface area contributed by atoms with Crippen molar-refractivity contribution in [3.8, 4) is 11.3 Å². The number of hydrogen-bond donors (Lipinski definition) is 2. The number of likely N-dealkylation sites (N-methyl/N-ethyl adjacent to an activating group) is 1. The number of benzene rings is 1. The second-order valence-corrected chi connectivity index (χ2v) is 14.9. The lowest BCUT2D eigenvalue weighted by atomic mass is 9.97. The summed E-state index contributed by atoms with van der Waals surface area (Å²) in [5.74, 6) is 0.202. The molecule has 2 aromatic heterocycles. The molecular formula is C37H48N6O4S. The molecule has 0 atom stereocenters. The van der Waals surface area contributed by atoms with Crippen molar-refractivity contribution in [1.82, 2.24) is 24.7 Å². The number of rotatable bonds is 8. The standard InChI is InChI=1S/C37H48N6O4S/c1-7-41(8-2)18-19-42-15-9-10-29-32(35(42)45)23(3)30(38-29)21-27-26-20-25(11-12-28(26)39-33(27)44)31-22-48-34(40-31)24-13-16-43(17-14-24)36(46)47-37(4,5)6/h11-12,20-22,24,38H,7-10,13-19H2,1-6H3,(H,39,44)/b27-21-. The van der Waals surface area contributed by atoms with Crippen LogP contribution in [0.4, 0.5) is 10.5 Å². The Balaban J connectivity index is 1.19. The van der Waals surface area contributed by atoms with Gasteiger partial charge in [-0.3, -0.25) is 9.59 Å². The number of piperidine rings is 1. The molecule has 2 N–H and O–H groups in total. The highest BCUT2D eigenvalue weighted by atomic mass is 32.1. The van der Waals surface area contributed by atoms with Crippen LogP contribution in [0, 0.1) is 6.92 Å². The predicted molar refractivity (Wildman–Crippen MR) is 191 cm³/mol. The number of hydrogen-bond acceptors (Lipinski definition) is 7. The normalized spacial score (nSPS) is 17.9. The van der Waals surface area contributed by atoms with Crippen LogP contribution in [0.3, 0.4) is 0 Å². The number of amides is 3. The number of nitrogens with one attached hydrogen (secondary N) is 2. The Hall–Kier alpha value is -3.96. The number of fused-ring (bicyclic) bond motifs is 2. The van der Waals surface area contributed by atoms with Crippen LogP contribution < -0.4 is 5.32 Å². The molecule has 11 heteroatoms. The van der Waals surface area contributed by atoms with Gasteiger partial charge >= 0.3 is 6.09 Å². The topological polar surface area (TPSA) is 111 Å². The van der Waals surface area contributed by atoms with Crippen LogP contribution >= 0.6 is 11.3 Å². The van der Waals surface area contributed by atoms with Gasteiger partial charge in [-0.25, -0.2) is 9.78 Å². The summed E-state index contributed by atoms with van der Waals surface area (Å²) in [6.45, 7) is 17.5. The third kappa shape index (κ3) is 7.08. The molecule has 1 fully saturated rings. The number of carbonyl (C=O) groups is 3. The maximum absolute atomic E-state index is 13.7. The van der Waals surface area contributed by atoms with Gasteiger partial charge in [-0.05, 0) is 90.2 Å². The second-order valence-electron chi connectivity index (χ2n) is 14.0. The number of aromatic amines is 1. The molecule has 0 bridgehead atoms. The van der Waals surface area contributed by atoms with Crippen molar-refractivity contribution in [2.75, 3.05) is 51.1 Å². The first kappa shape index (κ1) is 33.9. The Kier molecular flexibility index (Phi) is 9.81. The summed E-state index contributed by atoms with van der Waals surface area (Å²) in [6.07, 6.45) is 5.03. The molecule has 5 heterocycles. The van der Waals surface area contributed by atoms with Crippen molar-refractivity contribution >= 4 is 46.6 Å². The number of anilines is 1. The molecule has 3 aliphatic rings. The van der Waals surface area contributed by atoms with Gasteiger partial charge in [0.1, 0.15) is 5.60 Å². The maximum Gasteiger partial charge on any atom is 0.410 e. The van der Waals surface area contributed by atoms with Crippen LogP contribution in [0.2, 0.25) is 0 Å². The molecule has 3 aromatic rings. The van der Waals surface area contributed by atoms with E-state index < -0.39 is 5.60 Å². The van der Waals surface area contributed by atoms with E-state index in [1.807, 2.05) is 56.9 Å². The fourth-order valence-corrected chi connectivity index (χ4v) is 7.90. The van der Waals surface area contributed by atoms with Gasteiger partial charge in [-0.1, -0.05) is 19.9 Å². The van der Waals surface area contributed by atoms with E-state index in [0.717, 1.165) is 102 Å². The molecular weight excluding hydrogens is 625 g/mol. The van der Waals surface area contributed by atoms with Gasteiger partial charge in [-0.2, -0.15) is 0 Å². The molecule has 0 spiro atoms. The van der Waals surface area contributed by atoms with Crippen LogP contribution in [0.1, 0.15) is 97.7 Å². The maximum atomic E-state index is 13.7. The fraction of sp³-hybridized carbons (Fsp3) is 0.514. The first-order chi connectivity index (χ1) is 23.0. The molecule has 0 saturated carbocycles. The Bertz CT molecular complexity index is 1720. The number of carbonyl (C=O) groups excluding carboxylic acids is 3. The third-order valence-electron chi connectivity index (χ3n) is 9.71. The van der Waals surface area contributed by atoms with E-state index in [2.05, 4.69) is 34.4 Å². The van der Waals surface area contributed by atoms with Crippen molar-refractivity contribution in [3.63, 3.8) is 0 Å². The summed E-state index contributed by atoms with van der Waals surface area (Å²) in [5.41, 5.74) is 6.88. The van der Waals surface area contributed by atoms with Gasteiger partial charge in [0.2, 0.25) is 0 Å². The number of nitrogens with zero attached hydrogens (tertiary/aromatic N) is 4. The Morgan fingerprint density at radius 3 is 2.60 bits per heavy atom. The van der Waals surface area contributed by atoms with E-state index >= 15 is 0 Å². The van der Waals surface area contributed by atoms with E-state index in [-0.39, 0.29) is 23.8 Å². The fourth-order valence-electron chi connectivity index (χ4n) is 6.90. The molecule has 0 aliphatic carbocycles. The van der Waals surface area contributed by atoms with Crippen molar-refractivity contribution < 1.29 is 19.1 Å². The molecule has 10 nitrogen and oxygen atoms in total. The van der Waals surface area contributed by atoms with Gasteiger partial charge in [0, 0.05) is 72.2 Å². The highest BCUT2D eigenvalue weighted by Crippen LogP contribution is 2.39. The van der Waals surface area contributed by atoms with Crippen molar-refractivity contribution in [3.05, 3.63) is 56.7 Å². The van der Waals surface area contributed by atoms with E-state index in [1.54, 1.807) is 16.2 Å². The molecule has 1 aromatic carbocycles. The highest BCUT2D eigenvalue weighted by Gasteiger charge is 2.31. The van der Waals surface area contributed by atoms with Crippen LogP contribution in [-0.2, 0) is 16.0 Å². The minimum absolute atomic E-state index is 0.0708. The van der Waals surface area contributed by atoms with Gasteiger partial charge in [0.25, 0.3) is 11.8 Å². The monoisotopic (exact) mass is 672 g/mol. The minimum Gasteiger partial charge on any atom is -0.444 e. The highest BCUT2D eigenvalue weighted by molar-refractivity contribution is 7.10. The van der Waals surface area contributed by atoms with Crippen LogP contribution in [0.25, 0.3) is 22.9 Å². The zero-order chi connectivity index (χ0) is 34.2. The number of likely N-dealkylation sites (tertiary alicyclic amines) is 1. The molecule has 3 amide bonds. The number of ether oxygens (including phenoxy) is 1. The van der Waals surface area contributed by atoms with Crippen molar-refractivity contribution in [2.24, 2.45) is 0 Å². The number of aryl methyl sites for hydroxylation is 1. The summed E-state index contributed by atoms with van der Waals surface area (Å²) in [4.78, 5) is 54.1. The van der Waals surface area contributed by atoms with Gasteiger partial charge < -0.3 is 29.7 Å². The first-order valence-electron chi connectivity index (χ1n) is 17.3. The SMILES string of the molecule is CCN(CC)CCN1CCCc2[nH]c(/C=C3\C(=O)Nc4ccc(-c5csc(C6CCN(C(=O)OC(C)(C)C)CC6)n5)cc43)c(C)c2C1=O. The number of H-pyrrole nitrogens is 1. The van der Waals surface area contributed by atoms with Gasteiger partial charge in [-0.15, -0.1) is 11.3 Å². The average molecular weight is 673 g/mol. The van der Waals surface area contributed by atoms with E-state index in [9.17, 15) is 14.4 Å². The van der Waals surface area contributed by atoms with Crippen molar-refractivity contribution in [1.29, 1.82) is 0 Å². The zero-order valence-electron chi connectivity index (χ0n) is 29.1. The zero-order valence-corrected chi connectivity index (χ0v) is 29.9. The van der Waals surface area contributed by atoms with E-state index in [4.69, 9.17) is 9.72 Å². The summed E-state index contributed by atoms with van der Waals surface area (Å²) in [6, 6.07) is 5.97. The minimum atomic E-state index is -0.506. The second kappa shape index (κ2) is 13.9. The summed E-state index contributed by atoms with van der Waals surface area (Å²) >= 11 is 1.65. The average Bonchev–Trinajstić information content (AvgIpc) is 3.72. The smallest absolute Gasteiger partial charge is 0.410 e. The molecule has 48 heavy (non-hydrogen) atoms. The van der Waals surface area contributed by atoms with Crippen LogP contribution in [0.15, 0.2) is 23.6 Å². The first-order valence-corrected chi connectivity index (χ1v) is 18.2. The number of aromatic nitrogens is 2. The molecule has 256 valence electrons. The largest absolute Gasteiger partial charge is 0.444 e. The molecule has 0 unspecified atom stereocenters. The molecule has 3 aliphatic heterocycles. The van der Waals surface area contributed by atoms with Crippen molar-refractivity contribution in [2.45, 2.75) is 78.7 Å². The van der Waals surface area contributed by atoms with Crippen LogP contribution in [0.5, 0.6) is 0 Å². The molecule has 0 radical (unpaired) electrons. The van der Waals surface area contributed by atoms with E-state index in [0.29, 0.717) is 25.2 Å². The molecule has 1 saturated heterocycles. The lowest BCUT2D eigenvalue weighted by Gasteiger charge is -2.32. The Morgan fingerprint density at radius 2 is 1.90 bits per heavy atom. The predicted octanol–water partition coefficient (Wildman–Crippen LogP) is 6.78. The number of thiazole rings is 1. The third-order valence-corrected chi connectivity index (χ3v) is 10.7. The van der Waals surface area contributed by atoms with Gasteiger partial charge in [0.05, 0.1) is 21.8 Å². The van der Waals surface area contributed by atoms with Gasteiger partial charge in [0.15, 0.2) is 0 Å². The Morgan fingerprint density at radius 1 is 1.15 bits per heavy atom. The van der Waals surface area contributed by atoms with Crippen LogP contribution in [-0.4, -0.2) is 94.0 Å². The molecule has 6 rings (SSSR count). The lowest BCUT2D eigenvalue weighted by Crippen LogP contribution is -2.41. The quantitative estimate of drug-likeness (QED) is 0.255. The summed E-state index contributed by atoms with van der Waals surface area (Å²) < 4.78 is 5.56. The lowest BCUT2D eigenvalue weighted by molar-refractivity contribution is -0.110.